The van der Waals surface area contributed by atoms with E-state index in [4.69, 9.17) is 9.73 Å². The molecular formula is C27H36N6O3. The van der Waals surface area contributed by atoms with Gasteiger partial charge in [-0.3, -0.25) is 14.4 Å². The summed E-state index contributed by atoms with van der Waals surface area (Å²) in [4.78, 5) is 23.1. The highest BCUT2D eigenvalue weighted by atomic mass is 16.5. The number of fused-ring (bicyclic) bond motifs is 1. The maximum absolute atomic E-state index is 12.6. The molecule has 5 rings (SSSR count). The molecule has 0 radical (unpaired) electrons. The Bertz CT molecular complexity index is 1250. The molecular weight excluding hydrogens is 456 g/mol. The van der Waals surface area contributed by atoms with Crippen LogP contribution >= 0.6 is 0 Å². The van der Waals surface area contributed by atoms with Crippen molar-refractivity contribution in [3.8, 4) is 5.88 Å². The number of carbonyl (C=O) groups is 1. The molecule has 0 spiro atoms. The first-order valence-electron chi connectivity index (χ1n) is 13.0. The molecule has 1 aromatic carbocycles. The SMILES string of the molecule is CCC(=Nc1cnn(C2CCN(C3COC3)CC2)c1)c1c(O)[nH]c2ccc(C(=O)NCC(C)C)cc12. The number of nitrogens with zero attached hydrogens (tertiary/aromatic N) is 4. The van der Waals surface area contributed by atoms with Crippen LogP contribution in [0.4, 0.5) is 5.69 Å². The lowest BCUT2D eigenvalue weighted by Gasteiger charge is -2.41. The second-order valence-electron chi connectivity index (χ2n) is 10.3. The van der Waals surface area contributed by atoms with Gasteiger partial charge in [-0.05, 0) is 43.4 Å². The van der Waals surface area contributed by atoms with Crippen LogP contribution in [-0.2, 0) is 4.74 Å². The van der Waals surface area contributed by atoms with Crippen molar-refractivity contribution in [2.24, 2.45) is 10.9 Å². The number of rotatable bonds is 8. The topological polar surface area (TPSA) is 108 Å². The maximum Gasteiger partial charge on any atom is 0.251 e. The number of carbonyl (C=O) groups excluding carboxylic acids is 1. The van der Waals surface area contributed by atoms with E-state index in [9.17, 15) is 9.90 Å². The van der Waals surface area contributed by atoms with Crippen molar-refractivity contribution in [1.29, 1.82) is 0 Å². The monoisotopic (exact) mass is 492 g/mol. The molecule has 9 heteroatoms. The van der Waals surface area contributed by atoms with E-state index in [0.717, 1.165) is 61.4 Å². The molecule has 0 aliphatic carbocycles. The molecule has 9 nitrogen and oxygen atoms in total. The first kappa shape index (κ1) is 24.5. The lowest BCUT2D eigenvalue weighted by Crippen LogP contribution is -2.51. The Morgan fingerprint density at radius 2 is 2.06 bits per heavy atom. The maximum atomic E-state index is 12.6. The van der Waals surface area contributed by atoms with Crippen LogP contribution in [0.1, 0.15) is 62.0 Å². The van der Waals surface area contributed by atoms with E-state index in [0.29, 0.717) is 42.1 Å². The van der Waals surface area contributed by atoms with Crippen molar-refractivity contribution in [3.63, 3.8) is 0 Å². The van der Waals surface area contributed by atoms with Crippen molar-refractivity contribution in [2.45, 2.75) is 52.1 Å². The summed E-state index contributed by atoms with van der Waals surface area (Å²) in [5.74, 6) is 0.309. The Balaban J connectivity index is 1.36. The zero-order chi connectivity index (χ0) is 25.2. The first-order chi connectivity index (χ1) is 17.4. The number of likely N-dealkylation sites (tertiary alicyclic amines) is 1. The third-order valence-corrected chi connectivity index (χ3v) is 7.20. The van der Waals surface area contributed by atoms with E-state index in [2.05, 4.69) is 34.1 Å². The fraction of sp³-hybridized carbons (Fsp3) is 0.519. The van der Waals surface area contributed by atoms with Gasteiger partial charge in [-0.1, -0.05) is 20.8 Å². The normalized spacial score (nSPS) is 18.2. The minimum atomic E-state index is -0.121. The molecule has 2 saturated heterocycles. The van der Waals surface area contributed by atoms with Gasteiger partial charge in [0, 0.05) is 36.1 Å². The van der Waals surface area contributed by atoms with E-state index in [1.54, 1.807) is 12.3 Å². The van der Waals surface area contributed by atoms with Crippen molar-refractivity contribution < 1.29 is 14.6 Å². The number of amides is 1. The van der Waals surface area contributed by atoms with Gasteiger partial charge in [0.1, 0.15) is 5.69 Å². The average Bonchev–Trinajstić information content (AvgIpc) is 3.43. The van der Waals surface area contributed by atoms with Gasteiger partial charge >= 0.3 is 0 Å². The molecule has 192 valence electrons. The number of nitrogens with one attached hydrogen (secondary N) is 2. The third kappa shape index (κ3) is 5.03. The Hall–Kier alpha value is -3.17. The minimum absolute atomic E-state index is 0.0603. The number of ether oxygens (including phenoxy) is 1. The van der Waals surface area contributed by atoms with Crippen molar-refractivity contribution in [3.05, 3.63) is 41.7 Å². The van der Waals surface area contributed by atoms with Crippen molar-refractivity contribution >= 4 is 28.2 Å². The van der Waals surface area contributed by atoms with Gasteiger partial charge in [-0.25, -0.2) is 4.99 Å². The Labute approximate surface area is 211 Å². The van der Waals surface area contributed by atoms with Gasteiger partial charge in [0.05, 0.1) is 49.0 Å². The number of H-pyrrole nitrogens is 1. The Morgan fingerprint density at radius 3 is 2.72 bits per heavy atom. The highest BCUT2D eigenvalue weighted by Gasteiger charge is 2.30. The number of hydrogen-bond acceptors (Lipinski definition) is 6. The summed E-state index contributed by atoms with van der Waals surface area (Å²) in [6.45, 7) is 10.6. The lowest BCUT2D eigenvalue weighted by atomic mass is 10.0. The summed E-state index contributed by atoms with van der Waals surface area (Å²) in [5.41, 5.74) is 3.48. The molecule has 2 aromatic heterocycles. The van der Waals surface area contributed by atoms with Crippen molar-refractivity contribution in [1.82, 2.24) is 25.0 Å². The fourth-order valence-corrected chi connectivity index (χ4v) is 5.01. The molecule has 0 unspecified atom stereocenters. The van der Waals surface area contributed by atoms with Gasteiger partial charge in [-0.15, -0.1) is 0 Å². The van der Waals surface area contributed by atoms with Crippen LogP contribution in [0.5, 0.6) is 5.88 Å². The predicted octanol–water partition coefficient (Wildman–Crippen LogP) is 4.02. The number of benzene rings is 1. The van der Waals surface area contributed by atoms with Crippen LogP contribution < -0.4 is 5.32 Å². The van der Waals surface area contributed by atoms with Gasteiger partial charge < -0.3 is 20.1 Å². The summed E-state index contributed by atoms with van der Waals surface area (Å²) in [5, 5.41) is 19.1. The molecule has 2 aliphatic rings. The smallest absolute Gasteiger partial charge is 0.251 e. The number of aromatic nitrogens is 3. The summed E-state index contributed by atoms with van der Waals surface area (Å²) in [6, 6.07) is 6.38. The number of aromatic hydroxyl groups is 1. The highest BCUT2D eigenvalue weighted by Crippen LogP contribution is 2.32. The second kappa shape index (κ2) is 10.4. The molecule has 3 aromatic rings. The lowest BCUT2D eigenvalue weighted by molar-refractivity contribution is -0.0734. The van der Waals surface area contributed by atoms with Crippen LogP contribution in [0.3, 0.4) is 0 Å². The molecule has 0 atom stereocenters. The van der Waals surface area contributed by atoms with E-state index in [-0.39, 0.29) is 11.8 Å². The average molecular weight is 493 g/mol. The summed E-state index contributed by atoms with van der Waals surface area (Å²) < 4.78 is 7.37. The van der Waals surface area contributed by atoms with E-state index in [1.165, 1.54) is 0 Å². The molecule has 36 heavy (non-hydrogen) atoms. The van der Waals surface area contributed by atoms with Gasteiger partial charge in [0.15, 0.2) is 5.88 Å². The summed E-state index contributed by atoms with van der Waals surface area (Å²) >= 11 is 0. The fourth-order valence-electron chi connectivity index (χ4n) is 5.01. The van der Waals surface area contributed by atoms with Crippen LogP contribution in [0.25, 0.3) is 10.9 Å². The quantitative estimate of drug-likeness (QED) is 0.412. The molecule has 4 heterocycles. The van der Waals surface area contributed by atoms with Crippen LogP contribution in [-0.4, -0.2) is 75.3 Å². The Kier molecular flexibility index (Phi) is 7.11. The summed E-state index contributed by atoms with van der Waals surface area (Å²) in [7, 11) is 0. The molecule has 2 aliphatic heterocycles. The first-order valence-corrected chi connectivity index (χ1v) is 13.0. The van der Waals surface area contributed by atoms with Crippen LogP contribution in [0.15, 0.2) is 35.6 Å². The van der Waals surface area contributed by atoms with Crippen LogP contribution in [0, 0.1) is 5.92 Å². The van der Waals surface area contributed by atoms with E-state index in [1.807, 2.05) is 29.9 Å². The molecule has 2 fully saturated rings. The van der Waals surface area contributed by atoms with E-state index < -0.39 is 0 Å². The highest BCUT2D eigenvalue weighted by molar-refractivity contribution is 6.14. The number of aromatic amines is 1. The molecule has 0 saturated carbocycles. The molecule has 0 bridgehead atoms. The number of aliphatic imine (C=N–C) groups is 1. The predicted molar refractivity (Wildman–Crippen MR) is 140 cm³/mol. The molecule has 3 N–H and O–H groups in total. The zero-order valence-corrected chi connectivity index (χ0v) is 21.3. The van der Waals surface area contributed by atoms with Gasteiger partial charge in [0.25, 0.3) is 5.91 Å². The molecule has 1 amide bonds. The van der Waals surface area contributed by atoms with Crippen molar-refractivity contribution in [2.75, 3.05) is 32.8 Å². The number of hydrogen-bond donors (Lipinski definition) is 3. The minimum Gasteiger partial charge on any atom is -0.494 e. The number of piperidine rings is 1. The third-order valence-electron chi connectivity index (χ3n) is 7.20. The van der Waals surface area contributed by atoms with Gasteiger partial charge in [-0.2, -0.15) is 5.10 Å². The largest absolute Gasteiger partial charge is 0.494 e. The zero-order valence-electron chi connectivity index (χ0n) is 21.3. The second-order valence-corrected chi connectivity index (χ2v) is 10.3. The standard InChI is InChI=1S/C27H36N6O3/c1-4-23(25-22-11-18(26(34)28-12-17(2)3)5-6-24(22)31-27(25)35)30-19-13-29-33(14-19)20-7-9-32(10-8-20)21-15-36-16-21/h5-6,11,13-14,17,20-21,31,35H,4,7-10,12,15-16H2,1-3H3,(H,28,34). The van der Waals surface area contributed by atoms with E-state index >= 15 is 0 Å². The van der Waals surface area contributed by atoms with Gasteiger partial charge in [0.2, 0.25) is 0 Å². The Morgan fingerprint density at radius 1 is 1.28 bits per heavy atom. The summed E-state index contributed by atoms with van der Waals surface area (Å²) in [6.07, 6.45) is 6.54. The van der Waals surface area contributed by atoms with Crippen LogP contribution in [0.2, 0.25) is 0 Å².